The molecule has 1 aromatic heterocycles. The van der Waals surface area contributed by atoms with Gasteiger partial charge in [0.05, 0.1) is 9.21 Å². The van der Waals surface area contributed by atoms with E-state index in [0.29, 0.717) is 41.1 Å². The van der Waals surface area contributed by atoms with Gasteiger partial charge in [-0.1, -0.05) is 11.6 Å². The number of amides is 2. The van der Waals surface area contributed by atoms with Gasteiger partial charge in [-0.05, 0) is 25.0 Å². The van der Waals surface area contributed by atoms with E-state index in [0.717, 1.165) is 0 Å². The van der Waals surface area contributed by atoms with Gasteiger partial charge >= 0.3 is 0 Å². The van der Waals surface area contributed by atoms with Gasteiger partial charge in [-0.3, -0.25) is 14.9 Å². The lowest BCUT2D eigenvalue weighted by molar-refractivity contribution is -0.125. The number of nitrogens with one attached hydrogen (secondary N) is 1. The number of nitrogens with zero attached hydrogens (tertiary/aromatic N) is 3. The van der Waals surface area contributed by atoms with Crippen LogP contribution in [0.3, 0.4) is 0 Å². The first-order chi connectivity index (χ1) is 10.4. The summed E-state index contributed by atoms with van der Waals surface area (Å²) in [5, 5.41) is 2.81. The number of halogens is 1. The fourth-order valence-corrected chi connectivity index (χ4v) is 3.73. The molecule has 2 aliphatic rings. The van der Waals surface area contributed by atoms with Crippen molar-refractivity contribution in [2.24, 2.45) is 4.99 Å². The van der Waals surface area contributed by atoms with E-state index in [9.17, 15) is 9.59 Å². The quantitative estimate of drug-likeness (QED) is 0.841. The highest BCUT2D eigenvalue weighted by atomic mass is 35.5. The van der Waals surface area contributed by atoms with Crippen molar-refractivity contribution in [2.45, 2.75) is 18.4 Å². The minimum absolute atomic E-state index is 0.0260. The van der Waals surface area contributed by atoms with E-state index in [4.69, 9.17) is 11.6 Å². The Hall–Kier alpha value is -1.60. The number of likely N-dealkylation sites (tertiary alicyclic amines) is 1. The molecule has 0 unspecified atom stereocenters. The maximum Gasteiger partial charge on any atom is 0.263 e. The number of carbonyl (C=O) groups is 2. The normalized spacial score (nSPS) is 20.0. The van der Waals surface area contributed by atoms with Crippen LogP contribution in [0.4, 0.5) is 0 Å². The molecule has 2 aliphatic heterocycles. The highest BCUT2D eigenvalue weighted by Crippen LogP contribution is 2.31. The van der Waals surface area contributed by atoms with Crippen molar-refractivity contribution < 1.29 is 9.59 Å². The first kappa shape index (κ1) is 15.3. The molecule has 0 saturated carbocycles. The maximum absolute atomic E-state index is 12.4. The summed E-state index contributed by atoms with van der Waals surface area (Å²) in [5.41, 5.74) is -0.719. The predicted molar refractivity (Wildman–Crippen MR) is 86.5 cm³/mol. The predicted octanol–water partition coefficient (Wildman–Crippen LogP) is 1.42. The molecule has 0 atom stereocenters. The Bertz CT molecular complexity index is 647. The Labute approximate surface area is 137 Å². The van der Waals surface area contributed by atoms with Gasteiger partial charge in [0.1, 0.15) is 5.54 Å². The molecule has 1 aromatic rings. The number of hydrogen-bond acceptors (Lipinski definition) is 5. The lowest BCUT2D eigenvalue weighted by atomic mass is 9.88. The van der Waals surface area contributed by atoms with Gasteiger partial charge < -0.3 is 9.80 Å². The monoisotopic (exact) mass is 340 g/mol. The number of guanidine groups is 1. The molecule has 0 aliphatic carbocycles. The average molecular weight is 341 g/mol. The van der Waals surface area contributed by atoms with Crippen molar-refractivity contribution in [3.8, 4) is 0 Å². The second-order valence-corrected chi connectivity index (χ2v) is 7.43. The van der Waals surface area contributed by atoms with Crippen molar-refractivity contribution in [3.05, 3.63) is 21.3 Å². The summed E-state index contributed by atoms with van der Waals surface area (Å²) < 4.78 is 0.604. The SMILES string of the molecule is CN(C)C1=NC2(CCN(C(=O)c3ccc(Cl)s3)CC2)C(=O)N1. The van der Waals surface area contributed by atoms with Crippen LogP contribution in [-0.4, -0.2) is 60.3 Å². The first-order valence-corrected chi connectivity index (χ1v) is 8.24. The van der Waals surface area contributed by atoms with Crippen LogP contribution in [0, 0.1) is 0 Å². The molecule has 1 fully saturated rings. The Morgan fingerprint density at radius 2 is 2.09 bits per heavy atom. The van der Waals surface area contributed by atoms with Crippen LogP contribution in [0.15, 0.2) is 17.1 Å². The second kappa shape index (κ2) is 5.55. The molecule has 0 bridgehead atoms. The Kier molecular flexibility index (Phi) is 3.86. The molecule has 22 heavy (non-hydrogen) atoms. The highest BCUT2D eigenvalue weighted by Gasteiger charge is 2.46. The second-order valence-electron chi connectivity index (χ2n) is 5.71. The summed E-state index contributed by atoms with van der Waals surface area (Å²) in [6.45, 7) is 1.04. The van der Waals surface area contributed by atoms with Crippen LogP contribution in [-0.2, 0) is 4.79 Å². The molecule has 2 amide bonds. The molecule has 1 saturated heterocycles. The Balaban J connectivity index is 1.70. The molecule has 8 heteroatoms. The van der Waals surface area contributed by atoms with Crippen molar-refractivity contribution in [1.82, 2.24) is 15.1 Å². The zero-order chi connectivity index (χ0) is 15.9. The number of rotatable bonds is 1. The van der Waals surface area contributed by atoms with Gasteiger partial charge in [0.2, 0.25) is 5.96 Å². The molecule has 1 spiro atoms. The van der Waals surface area contributed by atoms with Crippen molar-refractivity contribution >= 4 is 40.7 Å². The number of hydrogen-bond donors (Lipinski definition) is 1. The summed E-state index contributed by atoms with van der Waals surface area (Å²) in [5.74, 6) is 0.499. The van der Waals surface area contributed by atoms with Gasteiger partial charge in [0, 0.05) is 27.2 Å². The lowest BCUT2D eigenvalue weighted by Gasteiger charge is -2.35. The molecule has 6 nitrogen and oxygen atoms in total. The van der Waals surface area contributed by atoms with E-state index < -0.39 is 5.54 Å². The zero-order valence-corrected chi connectivity index (χ0v) is 14.0. The molecule has 0 aromatic carbocycles. The van der Waals surface area contributed by atoms with Crippen molar-refractivity contribution in [2.75, 3.05) is 27.2 Å². The minimum Gasteiger partial charge on any atom is -0.349 e. The number of aliphatic imine (C=N–C) groups is 1. The van der Waals surface area contributed by atoms with Gasteiger partial charge in [-0.25, -0.2) is 4.99 Å². The summed E-state index contributed by atoms with van der Waals surface area (Å²) in [6, 6.07) is 3.47. The van der Waals surface area contributed by atoms with Crippen molar-refractivity contribution in [3.63, 3.8) is 0 Å². The van der Waals surface area contributed by atoms with E-state index in [1.165, 1.54) is 11.3 Å². The molecule has 118 valence electrons. The Morgan fingerprint density at radius 1 is 1.41 bits per heavy atom. The third-order valence-electron chi connectivity index (χ3n) is 4.05. The first-order valence-electron chi connectivity index (χ1n) is 7.04. The standard InChI is InChI=1S/C14H17ClN4O2S/c1-18(2)13-16-12(21)14(17-13)5-7-19(8-6-14)11(20)9-3-4-10(15)22-9/h3-4H,5-8H2,1-2H3,(H,16,17,21). The van der Waals surface area contributed by atoms with E-state index in [1.54, 1.807) is 21.9 Å². The molecule has 1 N–H and O–H groups in total. The van der Waals surface area contributed by atoms with Crippen LogP contribution in [0.25, 0.3) is 0 Å². The third-order valence-corrected chi connectivity index (χ3v) is 5.27. The summed E-state index contributed by atoms with van der Waals surface area (Å²) in [4.78, 5) is 33.4. The fourth-order valence-electron chi connectivity index (χ4n) is 2.71. The number of piperidine rings is 1. The van der Waals surface area contributed by atoms with Crippen molar-refractivity contribution in [1.29, 1.82) is 0 Å². The van der Waals surface area contributed by atoms with Gasteiger partial charge in [0.25, 0.3) is 11.8 Å². The highest BCUT2D eigenvalue weighted by molar-refractivity contribution is 7.17. The zero-order valence-electron chi connectivity index (χ0n) is 12.4. The summed E-state index contributed by atoms with van der Waals surface area (Å²) in [7, 11) is 3.69. The third kappa shape index (κ3) is 2.59. The summed E-state index contributed by atoms with van der Waals surface area (Å²) in [6.07, 6.45) is 1.09. The molecule has 0 radical (unpaired) electrons. The van der Waals surface area contributed by atoms with E-state index in [2.05, 4.69) is 10.3 Å². The lowest BCUT2D eigenvalue weighted by Crippen LogP contribution is -2.50. The maximum atomic E-state index is 12.4. The van der Waals surface area contributed by atoms with E-state index >= 15 is 0 Å². The molecular formula is C14H17ClN4O2S. The number of thiophene rings is 1. The fraction of sp³-hybridized carbons (Fsp3) is 0.500. The van der Waals surface area contributed by atoms with Crippen LogP contribution >= 0.6 is 22.9 Å². The molecular weight excluding hydrogens is 324 g/mol. The van der Waals surface area contributed by atoms with Crippen LogP contribution < -0.4 is 5.32 Å². The average Bonchev–Trinajstić information content (AvgIpc) is 3.05. The molecule has 3 heterocycles. The van der Waals surface area contributed by atoms with Crippen LogP contribution in [0.2, 0.25) is 4.34 Å². The van der Waals surface area contributed by atoms with Gasteiger partial charge in [0.15, 0.2) is 0 Å². The van der Waals surface area contributed by atoms with Gasteiger partial charge in [-0.2, -0.15) is 0 Å². The Morgan fingerprint density at radius 3 is 2.59 bits per heavy atom. The van der Waals surface area contributed by atoms with E-state index in [-0.39, 0.29) is 11.8 Å². The van der Waals surface area contributed by atoms with Crippen LogP contribution in [0.5, 0.6) is 0 Å². The van der Waals surface area contributed by atoms with Crippen LogP contribution in [0.1, 0.15) is 22.5 Å². The number of carbonyl (C=O) groups excluding carboxylic acids is 2. The summed E-state index contributed by atoms with van der Waals surface area (Å²) >= 11 is 7.16. The van der Waals surface area contributed by atoms with E-state index in [1.807, 2.05) is 14.1 Å². The molecule has 3 rings (SSSR count). The largest absolute Gasteiger partial charge is 0.349 e. The smallest absolute Gasteiger partial charge is 0.263 e. The van der Waals surface area contributed by atoms with Gasteiger partial charge in [-0.15, -0.1) is 11.3 Å². The minimum atomic E-state index is -0.719. The topological polar surface area (TPSA) is 65.0 Å².